The van der Waals surface area contributed by atoms with E-state index in [0.717, 1.165) is 6.20 Å². The Morgan fingerprint density at radius 1 is 1.46 bits per heavy atom. The van der Waals surface area contributed by atoms with Gasteiger partial charge in [0.1, 0.15) is 17.3 Å². The minimum absolute atomic E-state index is 0.294. The molecule has 1 N–H and O–H groups in total. The predicted octanol–water partition coefficient (Wildman–Crippen LogP) is 3.08. The molecule has 0 bridgehead atoms. The smallest absolute Gasteiger partial charge is 0.331 e. The molecule has 3 aromatic heterocycles. The number of halogens is 1. The summed E-state index contributed by atoms with van der Waals surface area (Å²) in [7, 11) is 1.78. The third-order valence-corrected chi connectivity index (χ3v) is 3.93. The number of aryl methyl sites for hydroxylation is 2. The molecule has 6 nitrogen and oxygen atoms in total. The molecule has 3 rings (SSSR count). The lowest BCUT2D eigenvalue weighted by Crippen LogP contribution is -2.05. The molecule has 124 valence electrons. The molecule has 0 spiro atoms. The van der Waals surface area contributed by atoms with Crippen LogP contribution >= 0.6 is 0 Å². The van der Waals surface area contributed by atoms with Gasteiger partial charge in [0.25, 0.3) is 0 Å². The number of carboxylic acid groups (broad SMARTS) is 1. The van der Waals surface area contributed by atoms with E-state index in [4.69, 9.17) is 0 Å². The molecule has 0 aliphatic heterocycles. The van der Waals surface area contributed by atoms with Gasteiger partial charge in [-0.15, -0.1) is 0 Å². The van der Waals surface area contributed by atoms with Crippen LogP contribution in [0.25, 0.3) is 22.9 Å². The number of carbonyl (C=O) groups is 1. The average Bonchev–Trinajstić information content (AvgIpc) is 3.04. The predicted molar refractivity (Wildman–Crippen MR) is 88.4 cm³/mol. The lowest BCUT2D eigenvalue weighted by atomic mass is 10.1. The molecule has 0 radical (unpaired) electrons. The molecule has 0 aromatic carbocycles. The first kappa shape index (κ1) is 15.9. The van der Waals surface area contributed by atoms with E-state index in [1.165, 1.54) is 6.07 Å². The van der Waals surface area contributed by atoms with Gasteiger partial charge in [-0.2, -0.15) is 5.10 Å². The van der Waals surface area contributed by atoms with Crippen molar-refractivity contribution in [3.8, 4) is 5.82 Å². The Balaban J connectivity index is 2.26. The van der Waals surface area contributed by atoms with Crippen LogP contribution in [-0.2, 0) is 11.8 Å². The van der Waals surface area contributed by atoms with Gasteiger partial charge in [-0.3, -0.25) is 9.25 Å². The van der Waals surface area contributed by atoms with Crippen molar-refractivity contribution in [2.24, 2.45) is 7.05 Å². The van der Waals surface area contributed by atoms with Gasteiger partial charge in [0, 0.05) is 29.8 Å². The first-order chi connectivity index (χ1) is 11.4. The van der Waals surface area contributed by atoms with Crippen molar-refractivity contribution in [3.05, 3.63) is 47.2 Å². The van der Waals surface area contributed by atoms with Crippen molar-refractivity contribution in [1.82, 2.24) is 19.3 Å². The van der Waals surface area contributed by atoms with Crippen molar-refractivity contribution < 1.29 is 14.3 Å². The summed E-state index contributed by atoms with van der Waals surface area (Å²) in [5.74, 6) is -0.668. The highest BCUT2D eigenvalue weighted by molar-refractivity contribution is 5.93. The van der Waals surface area contributed by atoms with Gasteiger partial charge in [0.05, 0.1) is 11.9 Å². The Kier molecular flexibility index (Phi) is 3.92. The summed E-state index contributed by atoms with van der Waals surface area (Å²) < 4.78 is 16.8. The molecule has 0 saturated heterocycles. The Bertz CT molecular complexity index is 969. The van der Waals surface area contributed by atoms with Crippen molar-refractivity contribution in [2.45, 2.75) is 20.3 Å². The van der Waals surface area contributed by atoms with Crippen molar-refractivity contribution in [3.63, 3.8) is 0 Å². The molecule has 0 atom stereocenters. The van der Waals surface area contributed by atoms with Crippen LogP contribution in [0.1, 0.15) is 24.6 Å². The summed E-state index contributed by atoms with van der Waals surface area (Å²) in [6, 6.07) is 3.17. The lowest BCUT2D eigenvalue weighted by Gasteiger charge is -2.08. The van der Waals surface area contributed by atoms with E-state index in [0.29, 0.717) is 40.1 Å². The number of nitrogens with zero attached hydrogens (tertiary/aromatic N) is 4. The Labute approximate surface area is 137 Å². The molecule has 0 aliphatic rings. The third kappa shape index (κ3) is 2.58. The van der Waals surface area contributed by atoms with Crippen molar-refractivity contribution >= 4 is 23.1 Å². The molecule has 24 heavy (non-hydrogen) atoms. The first-order valence-corrected chi connectivity index (χ1v) is 7.52. The summed E-state index contributed by atoms with van der Waals surface area (Å²) in [4.78, 5) is 15.5. The number of fused-ring (bicyclic) bond motifs is 1. The number of aromatic nitrogens is 4. The van der Waals surface area contributed by atoms with Crippen LogP contribution in [0.15, 0.2) is 30.1 Å². The van der Waals surface area contributed by atoms with Crippen molar-refractivity contribution in [1.29, 1.82) is 0 Å². The molecule has 0 unspecified atom stereocenters. The second-order valence-electron chi connectivity index (χ2n) is 5.53. The fourth-order valence-electron chi connectivity index (χ4n) is 2.77. The first-order valence-electron chi connectivity index (χ1n) is 7.52. The molecule has 0 aliphatic carbocycles. The zero-order valence-corrected chi connectivity index (χ0v) is 13.6. The van der Waals surface area contributed by atoms with Crippen LogP contribution in [0.3, 0.4) is 0 Å². The standard InChI is InChI=1S/C17H17FN4O2/c1-4-11(17(23)24)8-14-10(2)20-21(3)16(14)22-6-5-12-7-13(18)9-19-15(12)22/h5-9H,4H2,1-3H3,(H,23,24)/b11-8+. The zero-order chi connectivity index (χ0) is 17.4. The van der Waals surface area contributed by atoms with Crippen LogP contribution in [0.4, 0.5) is 4.39 Å². The van der Waals surface area contributed by atoms with Crippen molar-refractivity contribution in [2.75, 3.05) is 0 Å². The fraction of sp³-hybridized carbons (Fsp3) is 0.235. The molecule has 3 heterocycles. The van der Waals surface area contributed by atoms with E-state index in [9.17, 15) is 14.3 Å². The van der Waals surface area contributed by atoms with Crippen LogP contribution in [-0.4, -0.2) is 30.4 Å². The second kappa shape index (κ2) is 5.92. The van der Waals surface area contributed by atoms with Gasteiger partial charge >= 0.3 is 5.97 Å². The van der Waals surface area contributed by atoms with E-state index in [2.05, 4.69) is 10.1 Å². The monoisotopic (exact) mass is 328 g/mol. The summed E-state index contributed by atoms with van der Waals surface area (Å²) >= 11 is 0. The van der Waals surface area contributed by atoms with Crippen LogP contribution in [0.2, 0.25) is 0 Å². The van der Waals surface area contributed by atoms with Gasteiger partial charge in [0.15, 0.2) is 0 Å². The minimum Gasteiger partial charge on any atom is -0.478 e. The number of hydrogen-bond acceptors (Lipinski definition) is 3. The van der Waals surface area contributed by atoms with Crippen LogP contribution < -0.4 is 0 Å². The Morgan fingerprint density at radius 2 is 2.21 bits per heavy atom. The van der Waals surface area contributed by atoms with E-state index in [-0.39, 0.29) is 0 Å². The topological polar surface area (TPSA) is 72.9 Å². The van der Waals surface area contributed by atoms with Gasteiger partial charge in [-0.1, -0.05) is 6.92 Å². The van der Waals surface area contributed by atoms with Gasteiger partial charge in [-0.25, -0.2) is 14.2 Å². The molecule has 3 aromatic rings. The minimum atomic E-state index is -0.954. The molecule has 0 amide bonds. The quantitative estimate of drug-likeness (QED) is 0.747. The van der Waals surface area contributed by atoms with E-state index < -0.39 is 11.8 Å². The largest absolute Gasteiger partial charge is 0.478 e. The molecule has 0 fully saturated rings. The number of aliphatic carboxylic acids is 1. The molecular formula is C17H17FN4O2. The zero-order valence-electron chi connectivity index (χ0n) is 13.6. The molecule has 0 saturated carbocycles. The van der Waals surface area contributed by atoms with E-state index in [1.54, 1.807) is 41.6 Å². The SMILES string of the molecule is CC/C(=C\c1c(C)nn(C)c1-n1ccc2cc(F)cnc21)C(=O)O. The number of rotatable bonds is 4. The third-order valence-electron chi connectivity index (χ3n) is 3.93. The number of hydrogen-bond donors (Lipinski definition) is 1. The number of pyridine rings is 1. The summed E-state index contributed by atoms with van der Waals surface area (Å²) in [6.45, 7) is 3.62. The highest BCUT2D eigenvalue weighted by Crippen LogP contribution is 2.26. The van der Waals surface area contributed by atoms with Crippen LogP contribution in [0.5, 0.6) is 0 Å². The van der Waals surface area contributed by atoms with Gasteiger partial charge in [0.2, 0.25) is 0 Å². The fourth-order valence-corrected chi connectivity index (χ4v) is 2.77. The number of carboxylic acids is 1. The maximum atomic E-state index is 13.4. The second-order valence-corrected chi connectivity index (χ2v) is 5.53. The maximum Gasteiger partial charge on any atom is 0.331 e. The Morgan fingerprint density at radius 3 is 2.88 bits per heavy atom. The summed E-state index contributed by atoms with van der Waals surface area (Å²) in [5, 5.41) is 14.4. The Hall–Kier alpha value is -2.96. The van der Waals surface area contributed by atoms with E-state index >= 15 is 0 Å². The average molecular weight is 328 g/mol. The highest BCUT2D eigenvalue weighted by atomic mass is 19.1. The maximum absolute atomic E-state index is 13.4. The van der Waals surface area contributed by atoms with Gasteiger partial charge < -0.3 is 5.11 Å². The molecular weight excluding hydrogens is 311 g/mol. The normalized spacial score (nSPS) is 12.1. The van der Waals surface area contributed by atoms with Crippen LogP contribution in [0, 0.1) is 12.7 Å². The van der Waals surface area contributed by atoms with E-state index in [1.807, 2.05) is 6.92 Å². The molecule has 7 heteroatoms. The van der Waals surface area contributed by atoms with Gasteiger partial charge in [-0.05, 0) is 31.6 Å². The summed E-state index contributed by atoms with van der Waals surface area (Å²) in [5.41, 5.74) is 2.30. The highest BCUT2D eigenvalue weighted by Gasteiger charge is 2.17. The lowest BCUT2D eigenvalue weighted by molar-refractivity contribution is -0.132. The summed E-state index contributed by atoms with van der Waals surface area (Å²) in [6.07, 6.45) is 4.97.